The molecular weight excluding hydrogens is 323 g/mol. The highest BCUT2D eigenvalue weighted by Crippen LogP contribution is 2.16. The first-order valence-electron chi connectivity index (χ1n) is 7.97. The average molecular weight is 344 g/mol. The summed E-state index contributed by atoms with van der Waals surface area (Å²) in [5.41, 5.74) is 1.10. The van der Waals surface area contributed by atoms with E-state index in [4.69, 9.17) is 0 Å². The molecule has 0 aliphatic heterocycles. The van der Waals surface area contributed by atoms with Gasteiger partial charge in [0.25, 0.3) is 5.91 Å². The predicted molar refractivity (Wildman–Crippen MR) is 93.8 cm³/mol. The molecule has 0 aromatic heterocycles. The second-order valence-corrected chi connectivity index (χ2v) is 5.90. The smallest absolute Gasteiger partial charge is 0.251 e. The van der Waals surface area contributed by atoms with Crippen molar-refractivity contribution in [2.24, 2.45) is 0 Å². The fraction of sp³-hybridized carbons (Fsp3) is 0.263. The van der Waals surface area contributed by atoms with Crippen molar-refractivity contribution in [2.45, 2.75) is 32.4 Å². The Morgan fingerprint density at radius 1 is 1.16 bits per heavy atom. The third-order valence-electron chi connectivity index (χ3n) is 3.76. The van der Waals surface area contributed by atoms with Crippen molar-refractivity contribution in [3.8, 4) is 0 Å². The van der Waals surface area contributed by atoms with Gasteiger partial charge in [0.1, 0.15) is 5.82 Å². The van der Waals surface area contributed by atoms with E-state index in [9.17, 15) is 19.1 Å². The van der Waals surface area contributed by atoms with Gasteiger partial charge in [-0.2, -0.15) is 0 Å². The van der Waals surface area contributed by atoms with E-state index in [2.05, 4.69) is 10.6 Å². The molecule has 2 atom stereocenters. The minimum Gasteiger partial charge on any atom is -0.391 e. The highest BCUT2D eigenvalue weighted by molar-refractivity contribution is 5.97. The lowest BCUT2D eigenvalue weighted by atomic mass is 10.0. The summed E-state index contributed by atoms with van der Waals surface area (Å²) in [5, 5.41) is 15.3. The zero-order valence-corrected chi connectivity index (χ0v) is 14.1. The fourth-order valence-electron chi connectivity index (χ4n) is 2.37. The highest BCUT2D eigenvalue weighted by atomic mass is 19.1. The number of amides is 2. The lowest BCUT2D eigenvalue weighted by Gasteiger charge is -2.20. The van der Waals surface area contributed by atoms with E-state index in [1.165, 1.54) is 19.1 Å². The third kappa shape index (κ3) is 5.39. The zero-order valence-electron chi connectivity index (χ0n) is 14.1. The number of aliphatic hydroxyl groups is 1. The van der Waals surface area contributed by atoms with Crippen LogP contribution in [0.3, 0.4) is 0 Å². The standard InChI is InChI=1S/C19H21FN2O3/c1-12(18(24)10-14-6-4-3-5-7-14)21-19(25)15-8-9-16(20)17(11-15)22-13(2)23/h3-9,11-12,18,24H,10H2,1-2H3,(H,21,25)(H,22,23). The van der Waals surface area contributed by atoms with Crippen molar-refractivity contribution in [2.75, 3.05) is 5.32 Å². The second kappa shape index (κ2) is 8.39. The second-order valence-electron chi connectivity index (χ2n) is 5.90. The maximum absolute atomic E-state index is 13.6. The number of anilines is 1. The van der Waals surface area contributed by atoms with Gasteiger partial charge in [-0.05, 0) is 30.7 Å². The minimum absolute atomic E-state index is 0.0577. The van der Waals surface area contributed by atoms with Crippen LogP contribution in [-0.4, -0.2) is 29.1 Å². The molecule has 2 unspecified atom stereocenters. The van der Waals surface area contributed by atoms with Crippen LogP contribution in [-0.2, 0) is 11.2 Å². The lowest BCUT2D eigenvalue weighted by molar-refractivity contribution is -0.114. The lowest BCUT2D eigenvalue weighted by Crippen LogP contribution is -2.42. The number of hydrogen-bond acceptors (Lipinski definition) is 3. The first kappa shape index (κ1) is 18.6. The Hall–Kier alpha value is -2.73. The Kier molecular flexibility index (Phi) is 6.25. The Labute approximate surface area is 145 Å². The predicted octanol–water partition coefficient (Wildman–Crippen LogP) is 2.51. The maximum atomic E-state index is 13.6. The number of carbonyl (C=O) groups is 2. The molecule has 6 heteroatoms. The van der Waals surface area contributed by atoms with Crippen molar-refractivity contribution in [3.63, 3.8) is 0 Å². The van der Waals surface area contributed by atoms with Gasteiger partial charge in [0.05, 0.1) is 17.8 Å². The molecule has 0 bridgehead atoms. The molecule has 5 nitrogen and oxygen atoms in total. The van der Waals surface area contributed by atoms with Crippen molar-refractivity contribution < 1.29 is 19.1 Å². The molecule has 132 valence electrons. The van der Waals surface area contributed by atoms with E-state index >= 15 is 0 Å². The maximum Gasteiger partial charge on any atom is 0.251 e. The molecule has 3 N–H and O–H groups in total. The van der Waals surface area contributed by atoms with Gasteiger partial charge in [-0.3, -0.25) is 9.59 Å². The molecule has 2 aromatic rings. The van der Waals surface area contributed by atoms with Gasteiger partial charge in [-0.1, -0.05) is 30.3 Å². The van der Waals surface area contributed by atoms with Gasteiger partial charge in [0.15, 0.2) is 0 Å². The normalized spacial score (nSPS) is 13.0. The summed E-state index contributed by atoms with van der Waals surface area (Å²) >= 11 is 0. The van der Waals surface area contributed by atoms with E-state index in [-0.39, 0.29) is 11.3 Å². The van der Waals surface area contributed by atoms with Crippen molar-refractivity contribution in [3.05, 3.63) is 65.5 Å². The molecule has 2 rings (SSSR count). The van der Waals surface area contributed by atoms with Crippen LogP contribution in [0.25, 0.3) is 0 Å². The van der Waals surface area contributed by atoms with Crippen molar-refractivity contribution in [1.29, 1.82) is 0 Å². The summed E-state index contributed by atoms with van der Waals surface area (Å²) < 4.78 is 13.6. The molecule has 25 heavy (non-hydrogen) atoms. The fourth-order valence-corrected chi connectivity index (χ4v) is 2.37. The molecule has 0 aliphatic carbocycles. The monoisotopic (exact) mass is 344 g/mol. The summed E-state index contributed by atoms with van der Waals surface area (Å²) in [5.74, 6) is -1.50. The number of nitrogens with one attached hydrogen (secondary N) is 2. The van der Waals surface area contributed by atoms with Crippen LogP contribution in [0.5, 0.6) is 0 Å². The quantitative estimate of drug-likeness (QED) is 0.753. The number of hydrogen-bond donors (Lipinski definition) is 3. The summed E-state index contributed by atoms with van der Waals surface area (Å²) in [6.07, 6.45) is -0.357. The van der Waals surface area contributed by atoms with E-state index in [0.717, 1.165) is 11.6 Å². The minimum atomic E-state index is -0.762. The number of aliphatic hydroxyl groups excluding tert-OH is 1. The summed E-state index contributed by atoms with van der Waals surface area (Å²) in [4.78, 5) is 23.4. The SMILES string of the molecule is CC(=O)Nc1cc(C(=O)NC(C)C(O)Cc2ccccc2)ccc1F. The van der Waals surface area contributed by atoms with Crippen LogP contribution in [0, 0.1) is 5.82 Å². The van der Waals surface area contributed by atoms with E-state index in [1.807, 2.05) is 30.3 Å². The molecule has 0 saturated carbocycles. The molecule has 0 aliphatic rings. The van der Waals surface area contributed by atoms with Crippen molar-refractivity contribution >= 4 is 17.5 Å². The van der Waals surface area contributed by atoms with Crippen LogP contribution < -0.4 is 10.6 Å². The molecule has 0 heterocycles. The van der Waals surface area contributed by atoms with E-state index in [1.54, 1.807) is 6.92 Å². The Morgan fingerprint density at radius 2 is 1.84 bits per heavy atom. The van der Waals surface area contributed by atoms with Gasteiger partial charge in [-0.15, -0.1) is 0 Å². The summed E-state index contributed by atoms with van der Waals surface area (Å²) in [6, 6.07) is 12.7. The Morgan fingerprint density at radius 3 is 2.48 bits per heavy atom. The molecule has 0 saturated heterocycles. The van der Waals surface area contributed by atoms with Crippen LogP contribution in [0.15, 0.2) is 48.5 Å². The molecule has 0 fully saturated rings. The molecule has 0 spiro atoms. The number of halogens is 1. The Balaban J connectivity index is 2.02. The van der Waals surface area contributed by atoms with Gasteiger partial charge in [0.2, 0.25) is 5.91 Å². The topological polar surface area (TPSA) is 78.4 Å². The van der Waals surface area contributed by atoms with Crippen LogP contribution in [0.1, 0.15) is 29.8 Å². The molecule has 0 radical (unpaired) electrons. The van der Waals surface area contributed by atoms with Crippen molar-refractivity contribution in [1.82, 2.24) is 5.32 Å². The van der Waals surface area contributed by atoms with Gasteiger partial charge in [0, 0.05) is 18.9 Å². The van der Waals surface area contributed by atoms with E-state index < -0.39 is 29.8 Å². The molecule has 2 aromatic carbocycles. The van der Waals surface area contributed by atoms with Crippen LogP contribution in [0.4, 0.5) is 10.1 Å². The van der Waals surface area contributed by atoms with E-state index in [0.29, 0.717) is 6.42 Å². The zero-order chi connectivity index (χ0) is 18.4. The van der Waals surface area contributed by atoms with Crippen LogP contribution >= 0.6 is 0 Å². The summed E-state index contributed by atoms with van der Waals surface area (Å²) in [7, 11) is 0. The van der Waals surface area contributed by atoms with Crippen LogP contribution in [0.2, 0.25) is 0 Å². The first-order valence-corrected chi connectivity index (χ1v) is 7.97. The Bertz CT molecular complexity index is 750. The van der Waals surface area contributed by atoms with Gasteiger partial charge < -0.3 is 15.7 Å². The average Bonchev–Trinajstić information content (AvgIpc) is 2.57. The highest BCUT2D eigenvalue weighted by Gasteiger charge is 2.19. The number of benzene rings is 2. The number of rotatable bonds is 6. The molecule has 2 amide bonds. The van der Waals surface area contributed by atoms with Gasteiger partial charge in [-0.25, -0.2) is 4.39 Å². The van der Waals surface area contributed by atoms with Gasteiger partial charge >= 0.3 is 0 Å². The molecular formula is C19H21FN2O3. The number of carbonyl (C=O) groups excluding carboxylic acids is 2. The summed E-state index contributed by atoms with van der Waals surface area (Å²) in [6.45, 7) is 2.96. The third-order valence-corrected chi connectivity index (χ3v) is 3.76. The largest absolute Gasteiger partial charge is 0.391 e. The first-order chi connectivity index (χ1) is 11.9.